The largest absolute Gasteiger partial charge is 0.411 e. The van der Waals surface area contributed by atoms with Crippen molar-refractivity contribution in [2.75, 3.05) is 6.61 Å². The van der Waals surface area contributed by atoms with Gasteiger partial charge in [0.15, 0.2) is 10.6 Å². The minimum absolute atomic E-state index is 0.166. The van der Waals surface area contributed by atoms with E-state index >= 15 is 0 Å². The SMILES string of the molecule is NS(=O)(=O)C1(OCCCc2nonc2/C(Cc2ccc(F)c(Br)c2)=N/O)CC1. The first-order valence-electron chi connectivity index (χ1n) is 8.39. The number of hydrogen-bond donors (Lipinski definition) is 2. The van der Waals surface area contributed by atoms with Gasteiger partial charge in [-0.3, -0.25) is 0 Å². The normalized spacial score (nSPS) is 16.3. The monoisotopic (exact) mass is 476 g/mol. The third-order valence-corrected chi connectivity index (χ3v) is 6.58. The van der Waals surface area contributed by atoms with Crippen molar-refractivity contribution in [3.63, 3.8) is 0 Å². The summed E-state index contributed by atoms with van der Waals surface area (Å²) >= 11 is 3.11. The fraction of sp³-hybridized carbons (Fsp3) is 0.438. The molecule has 1 aliphatic rings. The van der Waals surface area contributed by atoms with Crippen LogP contribution in [-0.4, -0.2) is 41.2 Å². The second kappa shape index (κ2) is 8.23. The molecule has 1 aliphatic carbocycles. The summed E-state index contributed by atoms with van der Waals surface area (Å²) in [5.41, 5.74) is 1.62. The van der Waals surface area contributed by atoms with Gasteiger partial charge in [-0.05, 0) is 64.5 Å². The van der Waals surface area contributed by atoms with E-state index in [9.17, 15) is 18.0 Å². The van der Waals surface area contributed by atoms with Crippen molar-refractivity contribution in [2.24, 2.45) is 10.3 Å². The molecule has 28 heavy (non-hydrogen) atoms. The maximum atomic E-state index is 13.4. The standard InChI is InChI=1S/C16H18BrFN4O5S/c17-11-8-10(3-4-12(11)18)9-14(20-23)15-13(21-27-22-15)2-1-7-26-16(5-6-16)28(19,24)25/h3-4,8,23H,1-2,5-7,9H2,(H2,19,24,25)/b20-14+. The molecule has 2 aromatic rings. The Morgan fingerprint density at radius 2 is 2.18 bits per heavy atom. The van der Waals surface area contributed by atoms with Gasteiger partial charge in [-0.15, -0.1) is 0 Å². The number of hydrogen-bond acceptors (Lipinski definition) is 8. The van der Waals surface area contributed by atoms with E-state index in [4.69, 9.17) is 14.5 Å². The molecule has 0 atom stereocenters. The van der Waals surface area contributed by atoms with E-state index in [-0.39, 0.29) is 24.4 Å². The van der Waals surface area contributed by atoms with Gasteiger partial charge in [-0.25, -0.2) is 22.6 Å². The van der Waals surface area contributed by atoms with Gasteiger partial charge in [0, 0.05) is 13.0 Å². The number of halogens is 2. The first kappa shape index (κ1) is 20.8. The molecule has 0 saturated heterocycles. The number of nitrogens with zero attached hydrogens (tertiary/aromatic N) is 3. The lowest BCUT2D eigenvalue weighted by atomic mass is 10.0. The average molecular weight is 477 g/mol. The zero-order valence-electron chi connectivity index (χ0n) is 14.6. The fourth-order valence-electron chi connectivity index (χ4n) is 2.71. The topological polar surface area (TPSA) is 141 Å². The van der Waals surface area contributed by atoms with E-state index in [1.54, 1.807) is 12.1 Å². The number of primary sulfonamides is 1. The van der Waals surface area contributed by atoms with Gasteiger partial charge in [-0.2, -0.15) is 0 Å². The van der Waals surface area contributed by atoms with Crippen LogP contribution in [0.1, 0.15) is 36.2 Å². The third kappa shape index (κ3) is 4.57. The van der Waals surface area contributed by atoms with Crippen molar-refractivity contribution in [2.45, 2.75) is 37.0 Å². The van der Waals surface area contributed by atoms with E-state index in [1.165, 1.54) is 6.07 Å². The van der Waals surface area contributed by atoms with Crippen LogP contribution in [0.3, 0.4) is 0 Å². The minimum Gasteiger partial charge on any atom is -0.411 e. The second-order valence-corrected chi connectivity index (χ2v) is 9.13. The molecule has 12 heteroatoms. The predicted molar refractivity (Wildman–Crippen MR) is 99.8 cm³/mol. The summed E-state index contributed by atoms with van der Waals surface area (Å²) in [4.78, 5) is -1.26. The summed E-state index contributed by atoms with van der Waals surface area (Å²) < 4.78 is 46.8. The Hall–Kier alpha value is -1.89. The summed E-state index contributed by atoms with van der Waals surface area (Å²) in [5, 5.41) is 25.4. The molecule has 0 unspecified atom stereocenters. The van der Waals surface area contributed by atoms with Gasteiger partial charge in [0.25, 0.3) is 0 Å². The Morgan fingerprint density at radius 3 is 2.79 bits per heavy atom. The van der Waals surface area contributed by atoms with E-state index in [0.29, 0.717) is 41.4 Å². The van der Waals surface area contributed by atoms with Crippen LogP contribution in [0.4, 0.5) is 4.39 Å². The van der Waals surface area contributed by atoms with Crippen LogP contribution in [0.5, 0.6) is 0 Å². The fourth-order valence-corrected chi connectivity index (χ4v) is 4.05. The number of nitrogens with two attached hydrogens (primary N) is 1. The maximum Gasteiger partial charge on any atom is 0.239 e. The number of benzene rings is 1. The lowest BCUT2D eigenvalue weighted by Crippen LogP contribution is -2.33. The van der Waals surface area contributed by atoms with Crippen molar-refractivity contribution < 1.29 is 27.4 Å². The van der Waals surface area contributed by atoms with Crippen LogP contribution in [0.15, 0.2) is 32.5 Å². The van der Waals surface area contributed by atoms with Crippen molar-refractivity contribution >= 4 is 31.7 Å². The van der Waals surface area contributed by atoms with Gasteiger partial charge in [0.1, 0.15) is 17.2 Å². The van der Waals surface area contributed by atoms with Crippen LogP contribution in [0.25, 0.3) is 0 Å². The van der Waals surface area contributed by atoms with Gasteiger partial charge in [0.2, 0.25) is 10.0 Å². The molecule has 0 aliphatic heterocycles. The van der Waals surface area contributed by atoms with E-state index in [2.05, 4.69) is 31.4 Å². The van der Waals surface area contributed by atoms with Crippen molar-refractivity contribution in [3.05, 3.63) is 45.4 Å². The number of sulfonamides is 1. The highest BCUT2D eigenvalue weighted by molar-refractivity contribution is 9.10. The summed E-state index contributed by atoms with van der Waals surface area (Å²) in [6, 6.07) is 4.44. The van der Waals surface area contributed by atoms with E-state index in [1.807, 2.05) is 0 Å². The molecule has 3 rings (SSSR count). The highest BCUT2D eigenvalue weighted by Gasteiger charge is 2.54. The predicted octanol–water partition coefficient (Wildman–Crippen LogP) is 2.12. The molecule has 3 N–H and O–H groups in total. The molecule has 0 bridgehead atoms. The number of aromatic nitrogens is 2. The van der Waals surface area contributed by atoms with Crippen LogP contribution in [0, 0.1) is 5.82 Å². The number of oxime groups is 1. The van der Waals surface area contributed by atoms with Crippen LogP contribution < -0.4 is 5.14 Å². The molecule has 9 nitrogen and oxygen atoms in total. The van der Waals surface area contributed by atoms with Crippen molar-refractivity contribution in [1.82, 2.24) is 10.3 Å². The van der Waals surface area contributed by atoms with Crippen molar-refractivity contribution in [1.29, 1.82) is 0 Å². The summed E-state index contributed by atoms with van der Waals surface area (Å²) in [7, 11) is -3.74. The molecule has 1 heterocycles. The average Bonchev–Trinajstić information content (AvgIpc) is 3.31. The molecule has 1 fully saturated rings. The first-order chi connectivity index (χ1) is 13.3. The van der Waals surface area contributed by atoms with Gasteiger partial charge in [0.05, 0.1) is 4.47 Å². The number of aryl methyl sites for hydroxylation is 1. The quantitative estimate of drug-likeness (QED) is 0.244. The molecule has 0 radical (unpaired) electrons. The number of ether oxygens (including phenoxy) is 1. The van der Waals surface area contributed by atoms with E-state index in [0.717, 1.165) is 0 Å². The minimum atomic E-state index is -3.74. The summed E-state index contributed by atoms with van der Waals surface area (Å²) in [5.74, 6) is -0.400. The molecule has 1 aromatic carbocycles. The lowest BCUT2D eigenvalue weighted by molar-refractivity contribution is 0.0865. The Kier molecular flexibility index (Phi) is 6.12. The zero-order chi connectivity index (χ0) is 20.4. The third-order valence-electron chi connectivity index (χ3n) is 4.41. The molecule has 0 spiro atoms. The maximum absolute atomic E-state index is 13.4. The molecular formula is C16H18BrFN4O5S. The molecule has 1 saturated carbocycles. The van der Waals surface area contributed by atoms with Gasteiger partial charge < -0.3 is 9.94 Å². The van der Waals surface area contributed by atoms with Gasteiger partial charge in [-0.1, -0.05) is 16.4 Å². The van der Waals surface area contributed by atoms with Gasteiger partial charge >= 0.3 is 0 Å². The van der Waals surface area contributed by atoms with Crippen LogP contribution in [-0.2, 0) is 27.6 Å². The Balaban J connectivity index is 1.61. The smallest absolute Gasteiger partial charge is 0.239 e. The Morgan fingerprint density at radius 1 is 1.43 bits per heavy atom. The highest BCUT2D eigenvalue weighted by Crippen LogP contribution is 2.43. The first-order valence-corrected chi connectivity index (χ1v) is 10.7. The molecule has 0 amide bonds. The molecule has 152 valence electrons. The Labute approximate surface area is 168 Å². The lowest BCUT2D eigenvalue weighted by Gasteiger charge is -2.13. The van der Waals surface area contributed by atoms with Crippen molar-refractivity contribution in [3.8, 4) is 0 Å². The molecular weight excluding hydrogens is 459 g/mol. The zero-order valence-corrected chi connectivity index (χ0v) is 17.0. The molecule has 1 aromatic heterocycles. The Bertz CT molecular complexity index is 991. The highest BCUT2D eigenvalue weighted by atomic mass is 79.9. The van der Waals surface area contributed by atoms with E-state index < -0.39 is 20.8 Å². The van der Waals surface area contributed by atoms with Crippen LogP contribution in [0.2, 0.25) is 0 Å². The second-order valence-electron chi connectivity index (χ2n) is 6.44. The van der Waals surface area contributed by atoms with Crippen LogP contribution >= 0.6 is 15.9 Å². The summed E-state index contributed by atoms with van der Waals surface area (Å²) in [6.07, 6.45) is 1.76. The summed E-state index contributed by atoms with van der Waals surface area (Å²) in [6.45, 7) is 0.166. The number of rotatable bonds is 9.